The van der Waals surface area contributed by atoms with E-state index < -0.39 is 15.3 Å². The normalized spacial score (nSPS) is 22.7. The first kappa shape index (κ1) is 16.3. The molecular weight excluding hydrogens is 318 g/mol. The molecular formula is C15H23N3O4S. The molecule has 23 heavy (non-hydrogen) atoms. The van der Waals surface area contributed by atoms with Gasteiger partial charge in [0.25, 0.3) is 0 Å². The quantitative estimate of drug-likeness (QED) is 0.869. The van der Waals surface area contributed by atoms with E-state index in [1.807, 2.05) is 6.07 Å². The maximum absolute atomic E-state index is 12.4. The van der Waals surface area contributed by atoms with Crippen molar-refractivity contribution in [1.82, 2.24) is 14.9 Å². The number of sulfonamides is 1. The fourth-order valence-electron chi connectivity index (χ4n) is 3.41. The summed E-state index contributed by atoms with van der Waals surface area (Å²) in [6.45, 7) is 0.921. The number of amides is 2. The molecule has 3 rings (SSSR count). The summed E-state index contributed by atoms with van der Waals surface area (Å²) in [6, 6.07) is 1.79. The molecule has 2 N–H and O–H groups in total. The van der Waals surface area contributed by atoms with E-state index in [-0.39, 0.29) is 12.1 Å². The molecule has 1 fully saturated rings. The molecule has 1 aromatic rings. The topological polar surface area (TPSA) is 91.7 Å². The van der Waals surface area contributed by atoms with Crippen LogP contribution in [0.2, 0.25) is 0 Å². The second-order valence-electron chi connectivity index (χ2n) is 6.13. The van der Waals surface area contributed by atoms with Crippen molar-refractivity contribution in [1.29, 1.82) is 0 Å². The summed E-state index contributed by atoms with van der Waals surface area (Å²) in [4.78, 5) is 14.1. The summed E-state index contributed by atoms with van der Waals surface area (Å²) in [5.74, 6) is 0.959. The predicted octanol–water partition coefficient (Wildman–Crippen LogP) is 1.38. The summed E-state index contributed by atoms with van der Waals surface area (Å²) in [5.41, 5.74) is 1.07. The summed E-state index contributed by atoms with van der Waals surface area (Å²) in [7, 11) is -1.82. The Morgan fingerprint density at radius 2 is 2.04 bits per heavy atom. The van der Waals surface area contributed by atoms with Gasteiger partial charge >= 0.3 is 6.03 Å². The number of piperidine rings is 1. The maximum atomic E-state index is 12.4. The second kappa shape index (κ2) is 6.52. The summed E-state index contributed by atoms with van der Waals surface area (Å²) in [6.07, 6.45) is 5.43. The van der Waals surface area contributed by atoms with Crippen LogP contribution in [0.25, 0.3) is 0 Å². The molecule has 1 aliphatic carbocycles. The van der Waals surface area contributed by atoms with Crippen LogP contribution in [0.4, 0.5) is 4.79 Å². The second-order valence-corrected chi connectivity index (χ2v) is 8.29. The highest BCUT2D eigenvalue weighted by Gasteiger charge is 2.32. The van der Waals surface area contributed by atoms with Gasteiger partial charge in [-0.25, -0.2) is 17.9 Å². The lowest BCUT2D eigenvalue weighted by molar-refractivity contribution is 0.181. The molecule has 7 nitrogen and oxygen atoms in total. The van der Waals surface area contributed by atoms with Gasteiger partial charge in [0.15, 0.2) is 0 Å². The fraction of sp³-hybridized carbons (Fsp3) is 0.667. The third-order valence-corrected chi connectivity index (χ3v) is 6.72. The van der Waals surface area contributed by atoms with Gasteiger partial charge in [0.1, 0.15) is 5.76 Å². The third-order valence-electron chi connectivity index (χ3n) is 4.80. The van der Waals surface area contributed by atoms with Gasteiger partial charge in [-0.1, -0.05) is 0 Å². The number of nitrogens with zero attached hydrogens (tertiary/aromatic N) is 1. The Kier molecular flexibility index (Phi) is 4.63. The van der Waals surface area contributed by atoms with E-state index >= 15 is 0 Å². The van der Waals surface area contributed by atoms with Crippen molar-refractivity contribution >= 4 is 16.1 Å². The van der Waals surface area contributed by atoms with Gasteiger partial charge < -0.3 is 14.6 Å². The van der Waals surface area contributed by atoms with Crippen molar-refractivity contribution < 1.29 is 17.6 Å². The molecule has 1 unspecified atom stereocenters. The van der Waals surface area contributed by atoms with Crippen molar-refractivity contribution in [3.05, 3.63) is 23.7 Å². The Morgan fingerprint density at radius 1 is 1.30 bits per heavy atom. The van der Waals surface area contributed by atoms with Crippen LogP contribution in [0.1, 0.15) is 43.0 Å². The van der Waals surface area contributed by atoms with Crippen molar-refractivity contribution in [2.24, 2.45) is 0 Å². The van der Waals surface area contributed by atoms with Crippen molar-refractivity contribution in [3.63, 3.8) is 0 Å². The van der Waals surface area contributed by atoms with Crippen LogP contribution >= 0.6 is 0 Å². The van der Waals surface area contributed by atoms with Crippen molar-refractivity contribution in [2.75, 3.05) is 20.1 Å². The molecule has 1 saturated heterocycles. The number of nitrogens with one attached hydrogen (secondary N) is 2. The van der Waals surface area contributed by atoms with Crippen molar-refractivity contribution in [2.45, 2.75) is 43.4 Å². The molecule has 0 aromatic carbocycles. The molecule has 0 bridgehead atoms. The Morgan fingerprint density at radius 3 is 2.74 bits per heavy atom. The van der Waals surface area contributed by atoms with E-state index in [4.69, 9.17) is 4.42 Å². The number of carbonyl (C=O) groups is 1. The van der Waals surface area contributed by atoms with E-state index in [2.05, 4.69) is 10.0 Å². The highest BCUT2D eigenvalue weighted by atomic mass is 32.2. The predicted molar refractivity (Wildman–Crippen MR) is 85.5 cm³/mol. The molecule has 8 heteroatoms. The zero-order valence-electron chi connectivity index (χ0n) is 13.2. The molecule has 0 radical (unpaired) electrons. The lowest BCUT2D eigenvalue weighted by Gasteiger charge is -2.33. The SMILES string of the molecule is CNS(=O)(=O)C1CCN(C(=O)NC2CCCc3occc32)CC1. The lowest BCUT2D eigenvalue weighted by atomic mass is 9.93. The van der Waals surface area contributed by atoms with E-state index in [0.717, 1.165) is 30.6 Å². The smallest absolute Gasteiger partial charge is 0.317 e. The first-order chi connectivity index (χ1) is 11.0. The minimum atomic E-state index is -3.25. The number of hydrogen-bond acceptors (Lipinski definition) is 4. The highest BCUT2D eigenvalue weighted by molar-refractivity contribution is 7.90. The Balaban J connectivity index is 1.57. The van der Waals surface area contributed by atoms with E-state index in [0.29, 0.717) is 25.9 Å². The van der Waals surface area contributed by atoms with Crippen LogP contribution in [0, 0.1) is 0 Å². The van der Waals surface area contributed by atoms with Gasteiger partial charge in [0.2, 0.25) is 10.0 Å². The van der Waals surface area contributed by atoms with Crippen LogP contribution in [0.15, 0.2) is 16.7 Å². The number of likely N-dealkylation sites (tertiary alicyclic amines) is 1. The standard InChI is InChI=1S/C15H23N3O4S/c1-16-23(20,21)11-5-8-18(9-6-11)15(19)17-13-3-2-4-14-12(13)7-10-22-14/h7,10-11,13,16H,2-6,8-9H2,1H3,(H,17,19). The van der Waals surface area contributed by atoms with E-state index in [9.17, 15) is 13.2 Å². The zero-order valence-corrected chi connectivity index (χ0v) is 14.1. The number of urea groups is 1. The van der Waals surface area contributed by atoms with Crippen LogP contribution < -0.4 is 10.0 Å². The van der Waals surface area contributed by atoms with Crippen LogP contribution in [-0.4, -0.2) is 44.7 Å². The number of rotatable bonds is 3. The fourth-order valence-corrected chi connectivity index (χ4v) is 4.58. The minimum Gasteiger partial charge on any atom is -0.469 e. The van der Waals surface area contributed by atoms with Gasteiger partial charge in [-0.15, -0.1) is 0 Å². The third kappa shape index (κ3) is 3.37. The molecule has 1 aromatic heterocycles. The molecule has 2 aliphatic rings. The zero-order chi connectivity index (χ0) is 16.4. The number of fused-ring (bicyclic) bond motifs is 1. The van der Waals surface area contributed by atoms with E-state index in [1.165, 1.54) is 7.05 Å². The molecule has 2 amide bonds. The van der Waals surface area contributed by atoms with Gasteiger partial charge in [-0.05, 0) is 38.8 Å². The molecule has 0 saturated carbocycles. The van der Waals surface area contributed by atoms with Gasteiger partial charge in [0.05, 0.1) is 17.6 Å². The maximum Gasteiger partial charge on any atom is 0.317 e. The lowest BCUT2D eigenvalue weighted by Crippen LogP contribution is -2.49. The molecule has 0 spiro atoms. The largest absolute Gasteiger partial charge is 0.469 e. The highest BCUT2D eigenvalue weighted by Crippen LogP contribution is 2.30. The number of hydrogen-bond donors (Lipinski definition) is 2. The number of carbonyl (C=O) groups excluding carboxylic acids is 1. The minimum absolute atomic E-state index is 0.0104. The summed E-state index contributed by atoms with van der Waals surface area (Å²) in [5, 5.41) is 2.65. The Hall–Kier alpha value is -1.54. The van der Waals surface area contributed by atoms with E-state index in [1.54, 1.807) is 11.2 Å². The Bertz CT molecular complexity index is 662. The summed E-state index contributed by atoms with van der Waals surface area (Å²) >= 11 is 0. The van der Waals surface area contributed by atoms with Crippen LogP contribution in [0.5, 0.6) is 0 Å². The number of furan rings is 1. The van der Waals surface area contributed by atoms with Crippen molar-refractivity contribution in [3.8, 4) is 0 Å². The monoisotopic (exact) mass is 341 g/mol. The average molecular weight is 341 g/mol. The Labute approximate surface area is 136 Å². The first-order valence-electron chi connectivity index (χ1n) is 8.05. The molecule has 2 heterocycles. The summed E-state index contributed by atoms with van der Waals surface area (Å²) < 4.78 is 31.4. The van der Waals surface area contributed by atoms with Crippen LogP contribution in [0.3, 0.4) is 0 Å². The molecule has 1 atom stereocenters. The molecule has 1 aliphatic heterocycles. The van der Waals surface area contributed by atoms with Crippen LogP contribution in [-0.2, 0) is 16.4 Å². The van der Waals surface area contributed by atoms with Gasteiger partial charge in [-0.2, -0.15) is 0 Å². The molecule has 128 valence electrons. The number of aryl methyl sites for hydroxylation is 1. The first-order valence-corrected chi connectivity index (χ1v) is 9.60. The van der Waals surface area contributed by atoms with Gasteiger partial charge in [-0.3, -0.25) is 0 Å². The average Bonchev–Trinajstić information content (AvgIpc) is 3.04. The van der Waals surface area contributed by atoms with Gasteiger partial charge in [0, 0.05) is 25.1 Å².